The highest BCUT2D eigenvalue weighted by Gasteiger charge is 2.22. The van der Waals surface area contributed by atoms with E-state index in [1.54, 1.807) is 18.2 Å². The summed E-state index contributed by atoms with van der Waals surface area (Å²) in [4.78, 5) is 23.5. The minimum absolute atomic E-state index is 0.0734. The van der Waals surface area contributed by atoms with Gasteiger partial charge in [-0.2, -0.15) is 0 Å². The van der Waals surface area contributed by atoms with Crippen LogP contribution < -0.4 is 15.4 Å². The number of carbonyl (C=O) groups is 2. The van der Waals surface area contributed by atoms with Gasteiger partial charge in [-0.3, -0.25) is 9.59 Å². The summed E-state index contributed by atoms with van der Waals surface area (Å²) >= 11 is 0. The summed E-state index contributed by atoms with van der Waals surface area (Å²) < 4.78 is 5.37. The molecule has 2 aromatic carbocycles. The predicted octanol–water partition coefficient (Wildman–Crippen LogP) is 1.95. The van der Waals surface area contributed by atoms with E-state index < -0.39 is 0 Å². The fourth-order valence-corrected chi connectivity index (χ4v) is 2.17. The number of fused-ring (bicyclic) bond motifs is 1. The molecule has 0 atom stereocenters. The van der Waals surface area contributed by atoms with Gasteiger partial charge in [0.25, 0.3) is 11.8 Å². The number of carbonyl (C=O) groups excluding carboxylic acids is 2. The first kappa shape index (κ1) is 13.2. The van der Waals surface area contributed by atoms with Crippen molar-refractivity contribution in [1.82, 2.24) is 5.32 Å². The molecule has 2 aromatic rings. The van der Waals surface area contributed by atoms with Crippen molar-refractivity contribution in [2.24, 2.45) is 0 Å². The Bertz CT molecular complexity index is 683. The lowest BCUT2D eigenvalue weighted by Crippen LogP contribution is -2.29. The lowest BCUT2D eigenvalue weighted by Gasteiger charge is -2.20. The fourth-order valence-electron chi connectivity index (χ4n) is 2.17. The van der Waals surface area contributed by atoms with Crippen LogP contribution in [-0.2, 0) is 11.3 Å². The standard InChI is InChI=1S/C16H14N2O3/c19-14-10-21-15-12(7-4-8-13(15)18-14)16(20)17-9-11-5-2-1-3-6-11/h1-8H,9-10H2,(H,17,20)(H,18,19). The van der Waals surface area contributed by atoms with Gasteiger partial charge in [-0.1, -0.05) is 36.4 Å². The minimum Gasteiger partial charge on any atom is -0.481 e. The first-order valence-electron chi connectivity index (χ1n) is 6.62. The normalized spacial score (nSPS) is 12.9. The van der Waals surface area contributed by atoms with Crippen LogP contribution in [0.3, 0.4) is 0 Å². The number of hydrogen-bond donors (Lipinski definition) is 2. The third-order valence-corrected chi connectivity index (χ3v) is 3.18. The number of rotatable bonds is 3. The number of para-hydroxylation sites is 1. The van der Waals surface area contributed by atoms with E-state index in [4.69, 9.17) is 4.74 Å². The summed E-state index contributed by atoms with van der Waals surface area (Å²) in [5, 5.41) is 5.53. The number of hydrogen-bond acceptors (Lipinski definition) is 3. The molecule has 0 aromatic heterocycles. The second-order valence-corrected chi connectivity index (χ2v) is 4.69. The SMILES string of the molecule is O=C1COc2c(cccc2C(=O)NCc2ccccc2)N1. The van der Waals surface area contributed by atoms with Crippen LogP contribution in [0.15, 0.2) is 48.5 Å². The first-order valence-corrected chi connectivity index (χ1v) is 6.62. The third kappa shape index (κ3) is 2.86. The maximum atomic E-state index is 12.3. The van der Waals surface area contributed by atoms with Gasteiger partial charge < -0.3 is 15.4 Å². The zero-order chi connectivity index (χ0) is 14.7. The lowest BCUT2D eigenvalue weighted by atomic mass is 10.1. The maximum Gasteiger partial charge on any atom is 0.262 e. The molecule has 106 valence electrons. The van der Waals surface area contributed by atoms with Crippen LogP contribution >= 0.6 is 0 Å². The Morgan fingerprint density at radius 1 is 1.14 bits per heavy atom. The minimum atomic E-state index is -0.230. The Morgan fingerprint density at radius 2 is 1.95 bits per heavy atom. The molecule has 0 aliphatic carbocycles. The average molecular weight is 282 g/mol. The summed E-state index contributed by atoms with van der Waals surface area (Å²) in [7, 11) is 0. The highest BCUT2D eigenvalue weighted by Crippen LogP contribution is 2.31. The quantitative estimate of drug-likeness (QED) is 0.904. The average Bonchev–Trinajstić information content (AvgIpc) is 2.52. The van der Waals surface area contributed by atoms with E-state index in [1.807, 2.05) is 30.3 Å². The van der Waals surface area contributed by atoms with Gasteiger partial charge in [-0.25, -0.2) is 0 Å². The van der Waals surface area contributed by atoms with Gasteiger partial charge in [0.1, 0.15) is 0 Å². The zero-order valence-electron chi connectivity index (χ0n) is 11.3. The molecule has 0 saturated heterocycles. The molecule has 0 fully saturated rings. The van der Waals surface area contributed by atoms with Crippen molar-refractivity contribution in [2.75, 3.05) is 11.9 Å². The molecule has 2 N–H and O–H groups in total. The molecule has 0 bridgehead atoms. The fraction of sp³-hybridized carbons (Fsp3) is 0.125. The van der Waals surface area contributed by atoms with Crippen LogP contribution in [0.1, 0.15) is 15.9 Å². The summed E-state index contributed by atoms with van der Waals surface area (Å²) in [6.45, 7) is 0.367. The Labute approximate surface area is 121 Å². The number of anilines is 1. The summed E-state index contributed by atoms with van der Waals surface area (Å²) in [5.41, 5.74) is 1.96. The molecule has 21 heavy (non-hydrogen) atoms. The third-order valence-electron chi connectivity index (χ3n) is 3.18. The highest BCUT2D eigenvalue weighted by molar-refractivity contribution is 6.03. The number of amides is 2. The van der Waals surface area contributed by atoms with E-state index in [2.05, 4.69) is 10.6 Å². The van der Waals surface area contributed by atoms with Crippen molar-refractivity contribution < 1.29 is 14.3 Å². The molecule has 5 heteroatoms. The summed E-state index contributed by atoms with van der Waals surface area (Å²) in [6, 6.07) is 14.8. The molecule has 0 radical (unpaired) electrons. The van der Waals surface area contributed by atoms with Gasteiger partial charge >= 0.3 is 0 Å². The zero-order valence-corrected chi connectivity index (χ0v) is 11.3. The van der Waals surface area contributed by atoms with E-state index in [0.717, 1.165) is 5.56 Å². The van der Waals surface area contributed by atoms with Crippen LogP contribution in [0.25, 0.3) is 0 Å². The second kappa shape index (κ2) is 5.66. The molecule has 1 aliphatic heterocycles. The highest BCUT2D eigenvalue weighted by atomic mass is 16.5. The van der Waals surface area contributed by atoms with Crippen molar-refractivity contribution in [3.63, 3.8) is 0 Å². The smallest absolute Gasteiger partial charge is 0.262 e. The molecule has 0 unspecified atom stereocenters. The van der Waals surface area contributed by atoms with E-state index in [1.165, 1.54) is 0 Å². The number of ether oxygens (including phenoxy) is 1. The second-order valence-electron chi connectivity index (χ2n) is 4.69. The molecular formula is C16H14N2O3. The molecule has 5 nitrogen and oxygen atoms in total. The first-order chi connectivity index (χ1) is 10.2. The van der Waals surface area contributed by atoms with E-state index in [-0.39, 0.29) is 18.4 Å². The number of benzene rings is 2. The molecule has 3 rings (SSSR count). The van der Waals surface area contributed by atoms with Gasteiger partial charge in [-0.05, 0) is 17.7 Å². The Balaban J connectivity index is 1.76. The molecule has 0 saturated carbocycles. The van der Waals surface area contributed by atoms with Crippen molar-refractivity contribution in [2.45, 2.75) is 6.54 Å². The Hall–Kier alpha value is -2.82. The molecule has 2 amide bonds. The molecule has 1 aliphatic rings. The van der Waals surface area contributed by atoms with Crippen LogP contribution in [0, 0.1) is 0 Å². The lowest BCUT2D eigenvalue weighted by molar-refractivity contribution is -0.118. The van der Waals surface area contributed by atoms with Crippen molar-refractivity contribution in [3.05, 3.63) is 59.7 Å². The van der Waals surface area contributed by atoms with Crippen LogP contribution in [0.4, 0.5) is 5.69 Å². The Morgan fingerprint density at radius 3 is 2.76 bits per heavy atom. The summed E-state index contributed by atoms with van der Waals surface area (Å²) in [5.74, 6) is -0.0288. The van der Waals surface area contributed by atoms with Gasteiger partial charge in [0.15, 0.2) is 12.4 Å². The summed E-state index contributed by atoms with van der Waals surface area (Å²) in [6.07, 6.45) is 0. The van der Waals surface area contributed by atoms with Crippen LogP contribution in [0.5, 0.6) is 5.75 Å². The van der Waals surface area contributed by atoms with E-state index >= 15 is 0 Å². The van der Waals surface area contributed by atoms with Gasteiger partial charge in [0.2, 0.25) is 0 Å². The van der Waals surface area contributed by atoms with Gasteiger partial charge in [0, 0.05) is 6.54 Å². The van der Waals surface area contributed by atoms with Crippen LogP contribution in [-0.4, -0.2) is 18.4 Å². The predicted molar refractivity (Wildman–Crippen MR) is 78.2 cm³/mol. The van der Waals surface area contributed by atoms with Crippen molar-refractivity contribution in [1.29, 1.82) is 0 Å². The maximum absolute atomic E-state index is 12.3. The molecule has 1 heterocycles. The van der Waals surface area contributed by atoms with Gasteiger partial charge in [0.05, 0.1) is 11.3 Å². The van der Waals surface area contributed by atoms with E-state index in [0.29, 0.717) is 23.5 Å². The largest absolute Gasteiger partial charge is 0.481 e. The van der Waals surface area contributed by atoms with Gasteiger partial charge in [-0.15, -0.1) is 0 Å². The van der Waals surface area contributed by atoms with E-state index in [9.17, 15) is 9.59 Å². The topological polar surface area (TPSA) is 67.4 Å². The molecular weight excluding hydrogens is 268 g/mol. The Kier molecular flexibility index (Phi) is 3.55. The van der Waals surface area contributed by atoms with Crippen molar-refractivity contribution >= 4 is 17.5 Å². The monoisotopic (exact) mass is 282 g/mol. The van der Waals surface area contributed by atoms with Crippen molar-refractivity contribution in [3.8, 4) is 5.75 Å². The number of nitrogens with one attached hydrogen (secondary N) is 2. The van der Waals surface area contributed by atoms with Crippen LogP contribution in [0.2, 0.25) is 0 Å². The molecule has 0 spiro atoms.